The first-order valence-electron chi connectivity index (χ1n) is 24.4. The Bertz CT molecular complexity index is 3010. The zero-order valence-electron chi connectivity index (χ0n) is 43.3. The molecule has 0 spiro atoms. The van der Waals surface area contributed by atoms with Gasteiger partial charge in [0.15, 0.2) is 0 Å². The number of fused-ring (bicyclic) bond motifs is 6. The average Bonchev–Trinajstić information content (AvgIpc) is 3.60. The number of rotatable bonds is 3. The molecule has 2 aliphatic rings. The third-order valence-corrected chi connectivity index (χ3v) is 15.6. The van der Waals surface area contributed by atoms with Crippen molar-refractivity contribution in [3.8, 4) is 11.1 Å². The van der Waals surface area contributed by atoms with Gasteiger partial charge in [0.1, 0.15) is 0 Å². The van der Waals surface area contributed by atoms with Crippen molar-refractivity contribution in [2.75, 3.05) is 9.80 Å². The summed E-state index contributed by atoms with van der Waals surface area (Å²) in [4.78, 5) is 5.30. The van der Waals surface area contributed by atoms with Crippen LogP contribution in [0.4, 0.5) is 33.4 Å². The predicted octanol–water partition coefficient (Wildman–Crippen LogP) is 16.4. The van der Waals surface area contributed by atoms with Crippen molar-refractivity contribution in [3.63, 3.8) is 0 Å². The molecule has 0 atom stereocenters. The van der Waals surface area contributed by atoms with E-state index in [4.69, 9.17) is 0 Å². The molecule has 3 heterocycles. The Hall–Kier alpha value is -5.06. The lowest BCUT2D eigenvalue weighted by Gasteiger charge is -2.45. The maximum absolute atomic E-state index is 2.69. The summed E-state index contributed by atoms with van der Waals surface area (Å²) in [7, 11) is 0. The standard InChI is InChI=1S/C62H73BN2S/c1-57(2,3)39-21-19-38(20-22-39)46-33-41(59(7,8)9)25-30-49(46)65-52-37-44(62(16,17)18)36-51-55(52)63(54-47-34-42(60(10,11)12)27-32-53(47)66-56(54)65)48-35-43(61(13,14)15)26-31-50(48)64(51)45-28-23-40(24-29-45)58(4,5)6/h19-37H,1-18H3. The molecule has 0 N–H and O–H groups in total. The first-order chi connectivity index (χ1) is 30.5. The second-order valence-electron chi connectivity index (χ2n) is 25.7. The summed E-state index contributed by atoms with van der Waals surface area (Å²) < 4.78 is 1.33. The molecule has 0 saturated heterocycles. The van der Waals surface area contributed by atoms with E-state index in [9.17, 15) is 0 Å². The van der Waals surface area contributed by atoms with Crippen LogP contribution in [0.15, 0.2) is 115 Å². The lowest BCUT2D eigenvalue weighted by Crippen LogP contribution is -2.61. The van der Waals surface area contributed by atoms with E-state index < -0.39 is 0 Å². The molecule has 0 aliphatic carbocycles. The van der Waals surface area contributed by atoms with Gasteiger partial charge in [-0.1, -0.05) is 191 Å². The van der Waals surface area contributed by atoms with Gasteiger partial charge in [-0.05, 0) is 142 Å². The highest BCUT2D eigenvalue weighted by atomic mass is 32.1. The summed E-state index contributed by atoms with van der Waals surface area (Å²) in [5.41, 5.74) is 20.9. The SMILES string of the molecule is CC(C)(C)c1ccc(-c2cc(C(C)(C)C)ccc2N2c3cc(C(C)(C)C)cc4c3B(c3cc(C(C)(C)C)ccc3N4c3ccc(C(C)(C)C)cc3)c3c2sc2ccc(C(C)(C)C)cc32)cc1. The third-order valence-electron chi connectivity index (χ3n) is 14.4. The third kappa shape index (κ3) is 7.93. The van der Waals surface area contributed by atoms with Crippen LogP contribution in [-0.2, 0) is 32.5 Å². The molecule has 6 aromatic carbocycles. The van der Waals surface area contributed by atoms with Gasteiger partial charge in [0, 0.05) is 33.0 Å². The van der Waals surface area contributed by atoms with Crippen LogP contribution in [0.25, 0.3) is 21.2 Å². The summed E-state index contributed by atoms with van der Waals surface area (Å²) in [5.74, 6) is 0. The molecule has 0 fully saturated rings. The second kappa shape index (κ2) is 15.2. The smallest absolute Gasteiger partial charge is 0.254 e. The zero-order chi connectivity index (χ0) is 47.8. The Labute approximate surface area is 402 Å². The summed E-state index contributed by atoms with van der Waals surface area (Å²) in [6.07, 6.45) is 0. The van der Waals surface area contributed by atoms with Gasteiger partial charge in [0.05, 0.1) is 10.7 Å². The highest BCUT2D eigenvalue weighted by Crippen LogP contribution is 2.52. The Kier molecular flexibility index (Phi) is 10.6. The summed E-state index contributed by atoms with van der Waals surface area (Å²) in [6.45, 7) is 42.1. The van der Waals surface area contributed by atoms with Crippen molar-refractivity contribution in [1.29, 1.82) is 0 Å². The first kappa shape index (κ1) is 46.1. The van der Waals surface area contributed by atoms with Gasteiger partial charge >= 0.3 is 0 Å². The van der Waals surface area contributed by atoms with Gasteiger partial charge in [0.2, 0.25) is 0 Å². The van der Waals surface area contributed by atoms with Gasteiger partial charge < -0.3 is 9.80 Å². The highest BCUT2D eigenvalue weighted by Gasteiger charge is 2.47. The fourth-order valence-corrected chi connectivity index (χ4v) is 11.3. The molecule has 0 saturated carbocycles. The summed E-state index contributed by atoms with van der Waals surface area (Å²) in [5, 5.41) is 2.68. The van der Waals surface area contributed by atoms with E-state index in [1.165, 1.54) is 104 Å². The number of benzene rings is 6. The fraction of sp³-hybridized carbons (Fsp3) is 0.387. The Morgan fingerprint density at radius 2 is 0.803 bits per heavy atom. The maximum atomic E-state index is 2.69. The number of nitrogens with zero attached hydrogens (tertiary/aromatic N) is 2. The number of hydrogen-bond donors (Lipinski definition) is 0. The van der Waals surface area contributed by atoms with Crippen LogP contribution in [0.2, 0.25) is 0 Å². The van der Waals surface area contributed by atoms with Crippen LogP contribution in [0.1, 0.15) is 158 Å². The van der Waals surface area contributed by atoms with Crippen LogP contribution in [0.5, 0.6) is 0 Å². The second-order valence-corrected chi connectivity index (χ2v) is 26.7. The predicted molar refractivity (Wildman–Crippen MR) is 293 cm³/mol. The number of thiophene rings is 1. The van der Waals surface area contributed by atoms with Gasteiger partial charge in [-0.25, -0.2) is 0 Å². The monoisotopic (exact) mass is 889 g/mol. The lowest BCUT2D eigenvalue weighted by molar-refractivity contribution is 0.589. The molecule has 0 bridgehead atoms. The molecule has 7 aromatic rings. The van der Waals surface area contributed by atoms with E-state index in [2.05, 4.69) is 250 Å². The van der Waals surface area contributed by atoms with Gasteiger partial charge in [-0.15, -0.1) is 11.3 Å². The van der Waals surface area contributed by atoms with Crippen molar-refractivity contribution in [1.82, 2.24) is 0 Å². The van der Waals surface area contributed by atoms with E-state index in [1.54, 1.807) is 0 Å². The Morgan fingerprint density at radius 3 is 1.33 bits per heavy atom. The topological polar surface area (TPSA) is 6.48 Å². The Balaban J connectivity index is 1.45. The van der Waals surface area contributed by atoms with Gasteiger partial charge in [-0.3, -0.25) is 0 Å². The first-order valence-corrected chi connectivity index (χ1v) is 25.2. The van der Waals surface area contributed by atoms with Crippen LogP contribution < -0.4 is 26.2 Å². The molecule has 0 amide bonds. The van der Waals surface area contributed by atoms with Crippen molar-refractivity contribution >= 4 is 78.0 Å². The van der Waals surface area contributed by atoms with Crippen LogP contribution >= 0.6 is 11.3 Å². The number of hydrogen-bond acceptors (Lipinski definition) is 3. The minimum absolute atomic E-state index is 0.00287. The highest BCUT2D eigenvalue weighted by molar-refractivity contribution is 7.26. The molecule has 66 heavy (non-hydrogen) atoms. The van der Waals surface area contributed by atoms with Gasteiger partial charge in [0.25, 0.3) is 6.71 Å². The number of anilines is 6. The van der Waals surface area contributed by atoms with Crippen molar-refractivity contribution in [3.05, 3.63) is 149 Å². The van der Waals surface area contributed by atoms with E-state index in [-0.39, 0.29) is 39.2 Å². The van der Waals surface area contributed by atoms with Gasteiger partial charge in [-0.2, -0.15) is 0 Å². The molecule has 2 aliphatic heterocycles. The maximum Gasteiger partial charge on any atom is 0.254 e. The van der Waals surface area contributed by atoms with Crippen LogP contribution in [-0.4, -0.2) is 6.71 Å². The molecule has 0 radical (unpaired) electrons. The van der Waals surface area contributed by atoms with Crippen LogP contribution in [0.3, 0.4) is 0 Å². The average molecular weight is 889 g/mol. The summed E-state index contributed by atoms with van der Waals surface area (Å²) in [6, 6.07) is 46.0. The molecular formula is C62H73BN2S. The molecule has 9 rings (SSSR count). The molecule has 0 unspecified atom stereocenters. The fourth-order valence-electron chi connectivity index (χ4n) is 10.1. The lowest BCUT2D eigenvalue weighted by atomic mass is 9.33. The van der Waals surface area contributed by atoms with Crippen LogP contribution in [0, 0.1) is 0 Å². The van der Waals surface area contributed by atoms with Crippen molar-refractivity contribution < 1.29 is 0 Å². The van der Waals surface area contributed by atoms with Crippen molar-refractivity contribution in [2.24, 2.45) is 0 Å². The van der Waals surface area contributed by atoms with E-state index in [1.807, 2.05) is 11.3 Å². The molecule has 1 aromatic heterocycles. The quantitative estimate of drug-likeness (QED) is 0.163. The van der Waals surface area contributed by atoms with E-state index in [0.717, 1.165) is 0 Å². The molecule has 2 nitrogen and oxygen atoms in total. The molecule has 4 heteroatoms. The largest absolute Gasteiger partial charge is 0.311 e. The zero-order valence-corrected chi connectivity index (χ0v) is 44.2. The molecular weight excluding hydrogens is 816 g/mol. The normalized spacial score (nSPS) is 14.4. The van der Waals surface area contributed by atoms with E-state index in [0.29, 0.717) is 0 Å². The van der Waals surface area contributed by atoms with Crippen molar-refractivity contribution in [2.45, 2.75) is 157 Å². The molecule has 340 valence electrons. The van der Waals surface area contributed by atoms with E-state index >= 15 is 0 Å². The minimum atomic E-state index is -0.116. The minimum Gasteiger partial charge on any atom is -0.311 e. The summed E-state index contributed by atoms with van der Waals surface area (Å²) >= 11 is 1.97. The Morgan fingerprint density at radius 1 is 0.364 bits per heavy atom.